The van der Waals surface area contributed by atoms with Gasteiger partial charge in [-0.3, -0.25) is 9.48 Å². The van der Waals surface area contributed by atoms with Crippen LogP contribution in [0.4, 0.5) is 0 Å². The van der Waals surface area contributed by atoms with Gasteiger partial charge in [0.15, 0.2) is 0 Å². The fourth-order valence-corrected chi connectivity index (χ4v) is 2.17. The summed E-state index contributed by atoms with van der Waals surface area (Å²) in [4.78, 5) is 12.3. The molecule has 0 radical (unpaired) electrons. The minimum Gasteiger partial charge on any atom is -0.381 e. The van der Waals surface area contributed by atoms with Crippen LogP contribution in [0.15, 0.2) is 6.20 Å². The van der Waals surface area contributed by atoms with Crippen molar-refractivity contribution in [3.63, 3.8) is 0 Å². The van der Waals surface area contributed by atoms with Crippen LogP contribution in [0.3, 0.4) is 0 Å². The van der Waals surface area contributed by atoms with Crippen molar-refractivity contribution in [3.05, 3.63) is 17.5 Å². The number of hydrogen-bond donors (Lipinski definition) is 2. The lowest BCUT2D eigenvalue weighted by Crippen LogP contribution is -2.56. The van der Waals surface area contributed by atoms with E-state index in [1.54, 1.807) is 10.9 Å². The van der Waals surface area contributed by atoms with Gasteiger partial charge < -0.3 is 15.8 Å². The molecule has 6 heteroatoms. The Morgan fingerprint density at radius 1 is 1.61 bits per heavy atom. The Kier molecular flexibility index (Phi) is 3.68. The Morgan fingerprint density at radius 3 is 2.78 bits per heavy atom. The molecule has 1 fully saturated rings. The minimum absolute atomic E-state index is 0.104. The molecule has 1 aromatic rings. The molecule has 6 nitrogen and oxygen atoms in total. The molecule has 0 spiro atoms. The second-order valence-corrected chi connectivity index (χ2v) is 4.82. The Hall–Kier alpha value is -1.40. The van der Waals surface area contributed by atoms with E-state index >= 15 is 0 Å². The summed E-state index contributed by atoms with van der Waals surface area (Å²) in [6.45, 7) is 3.59. The predicted octanol–water partition coefficient (Wildman–Crippen LogP) is -0.0338. The van der Waals surface area contributed by atoms with Gasteiger partial charge in [-0.2, -0.15) is 5.10 Å². The highest BCUT2D eigenvalue weighted by Gasteiger charge is 2.33. The maximum absolute atomic E-state index is 12.3. The third kappa shape index (κ3) is 2.39. The fourth-order valence-electron chi connectivity index (χ4n) is 2.17. The highest BCUT2D eigenvalue weighted by Crippen LogP contribution is 2.20. The van der Waals surface area contributed by atoms with Crippen molar-refractivity contribution in [1.29, 1.82) is 0 Å². The van der Waals surface area contributed by atoms with E-state index in [9.17, 15) is 4.79 Å². The van der Waals surface area contributed by atoms with Crippen molar-refractivity contribution in [2.24, 2.45) is 12.8 Å². The van der Waals surface area contributed by atoms with Gasteiger partial charge in [0.05, 0.1) is 17.3 Å². The van der Waals surface area contributed by atoms with Gasteiger partial charge in [0.2, 0.25) is 0 Å². The molecule has 1 saturated heterocycles. The number of carbonyl (C=O) groups excluding carboxylic acids is 1. The Balaban J connectivity index is 2.12. The number of ether oxygens (including phenoxy) is 1. The van der Waals surface area contributed by atoms with Crippen molar-refractivity contribution in [3.8, 4) is 0 Å². The smallest absolute Gasteiger partial charge is 0.255 e. The number of amides is 1. The number of nitrogens with one attached hydrogen (secondary N) is 1. The van der Waals surface area contributed by atoms with Gasteiger partial charge in [-0.25, -0.2) is 0 Å². The molecule has 1 amide bonds. The largest absolute Gasteiger partial charge is 0.381 e. The molecule has 2 rings (SSSR count). The Bertz CT molecular complexity index is 435. The zero-order chi connectivity index (χ0) is 13.2. The quantitative estimate of drug-likeness (QED) is 0.791. The number of aromatic nitrogens is 2. The van der Waals surface area contributed by atoms with Gasteiger partial charge in [0.25, 0.3) is 5.91 Å². The van der Waals surface area contributed by atoms with Crippen LogP contribution in [0.5, 0.6) is 0 Å². The molecule has 3 N–H and O–H groups in total. The summed E-state index contributed by atoms with van der Waals surface area (Å²) >= 11 is 0. The first-order valence-electron chi connectivity index (χ1n) is 6.17. The summed E-state index contributed by atoms with van der Waals surface area (Å²) in [6.07, 6.45) is 3.11. The normalized spacial score (nSPS) is 18.6. The number of nitrogens with zero attached hydrogens (tertiary/aromatic N) is 2. The van der Waals surface area contributed by atoms with Crippen molar-refractivity contribution < 1.29 is 9.53 Å². The Labute approximate surface area is 106 Å². The summed E-state index contributed by atoms with van der Waals surface area (Å²) in [5.74, 6) is -0.104. The lowest BCUT2D eigenvalue weighted by atomic mass is 9.90. The van der Waals surface area contributed by atoms with E-state index in [4.69, 9.17) is 10.5 Å². The van der Waals surface area contributed by atoms with E-state index in [2.05, 4.69) is 10.4 Å². The van der Waals surface area contributed by atoms with E-state index in [1.165, 1.54) is 0 Å². The summed E-state index contributed by atoms with van der Waals surface area (Å²) in [5.41, 5.74) is 6.94. The number of hydrogen-bond acceptors (Lipinski definition) is 4. The maximum atomic E-state index is 12.3. The van der Waals surface area contributed by atoms with E-state index in [0.717, 1.165) is 18.5 Å². The second kappa shape index (κ2) is 5.07. The monoisotopic (exact) mass is 252 g/mol. The van der Waals surface area contributed by atoms with Crippen LogP contribution in [0.1, 0.15) is 28.9 Å². The molecule has 0 unspecified atom stereocenters. The molecule has 2 heterocycles. The second-order valence-electron chi connectivity index (χ2n) is 4.82. The van der Waals surface area contributed by atoms with Gasteiger partial charge in [0.1, 0.15) is 0 Å². The molecule has 100 valence electrons. The van der Waals surface area contributed by atoms with E-state index in [-0.39, 0.29) is 11.4 Å². The minimum atomic E-state index is -0.336. The predicted molar refractivity (Wildman–Crippen MR) is 67.2 cm³/mol. The molecule has 0 aromatic carbocycles. The molecule has 0 bridgehead atoms. The van der Waals surface area contributed by atoms with E-state index in [1.807, 2.05) is 14.0 Å². The van der Waals surface area contributed by atoms with Gasteiger partial charge >= 0.3 is 0 Å². The highest BCUT2D eigenvalue weighted by molar-refractivity contribution is 5.95. The van der Waals surface area contributed by atoms with Crippen LogP contribution >= 0.6 is 0 Å². The molecule has 0 saturated carbocycles. The Morgan fingerprint density at radius 2 is 2.28 bits per heavy atom. The van der Waals surface area contributed by atoms with E-state index < -0.39 is 0 Å². The lowest BCUT2D eigenvalue weighted by molar-refractivity contribution is 0.0388. The summed E-state index contributed by atoms with van der Waals surface area (Å²) in [7, 11) is 1.82. The number of carbonyl (C=O) groups is 1. The maximum Gasteiger partial charge on any atom is 0.255 e. The van der Waals surface area contributed by atoms with Crippen LogP contribution in [-0.4, -0.2) is 41.0 Å². The number of rotatable bonds is 3. The first-order chi connectivity index (χ1) is 8.58. The molecular formula is C12H20N4O2. The first-order valence-corrected chi connectivity index (χ1v) is 6.17. The topological polar surface area (TPSA) is 82.2 Å². The third-order valence-corrected chi connectivity index (χ3v) is 3.70. The van der Waals surface area contributed by atoms with Crippen LogP contribution in [0.2, 0.25) is 0 Å². The number of aryl methyl sites for hydroxylation is 1. The van der Waals surface area contributed by atoms with Crippen LogP contribution in [0.25, 0.3) is 0 Å². The highest BCUT2D eigenvalue weighted by atomic mass is 16.5. The standard InChI is InChI=1S/C12H20N4O2/c1-9-10(7-14-16(9)2)11(17)15-12(8-13)3-5-18-6-4-12/h7H,3-6,8,13H2,1-2H3,(H,15,17). The first kappa shape index (κ1) is 13.0. The van der Waals surface area contributed by atoms with Crippen LogP contribution < -0.4 is 11.1 Å². The van der Waals surface area contributed by atoms with Crippen molar-refractivity contribution >= 4 is 5.91 Å². The van der Waals surface area contributed by atoms with Gasteiger partial charge in [0, 0.05) is 32.5 Å². The lowest BCUT2D eigenvalue weighted by Gasteiger charge is -2.36. The molecule has 1 aliphatic heterocycles. The fraction of sp³-hybridized carbons (Fsp3) is 0.667. The summed E-state index contributed by atoms with van der Waals surface area (Å²) in [6, 6.07) is 0. The van der Waals surface area contributed by atoms with Crippen molar-refractivity contribution in [2.75, 3.05) is 19.8 Å². The number of nitrogens with two attached hydrogens (primary N) is 1. The third-order valence-electron chi connectivity index (χ3n) is 3.70. The molecular weight excluding hydrogens is 232 g/mol. The summed E-state index contributed by atoms with van der Waals surface area (Å²) < 4.78 is 7.01. The van der Waals surface area contributed by atoms with Crippen LogP contribution in [-0.2, 0) is 11.8 Å². The van der Waals surface area contributed by atoms with Gasteiger partial charge in [-0.05, 0) is 19.8 Å². The van der Waals surface area contributed by atoms with E-state index in [0.29, 0.717) is 25.3 Å². The zero-order valence-corrected chi connectivity index (χ0v) is 10.9. The van der Waals surface area contributed by atoms with Gasteiger partial charge in [-0.1, -0.05) is 0 Å². The zero-order valence-electron chi connectivity index (χ0n) is 10.9. The van der Waals surface area contributed by atoms with Crippen LogP contribution in [0, 0.1) is 6.92 Å². The van der Waals surface area contributed by atoms with Crippen molar-refractivity contribution in [1.82, 2.24) is 15.1 Å². The average molecular weight is 252 g/mol. The van der Waals surface area contributed by atoms with Gasteiger partial charge in [-0.15, -0.1) is 0 Å². The average Bonchev–Trinajstić information content (AvgIpc) is 2.71. The van der Waals surface area contributed by atoms with Crippen molar-refractivity contribution in [2.45, 2.75) is 25.3 Å². The summed E-state index contributed by atoms with van der Waals surface area (Å²) in [5, 5.41) is 7.13. The molecule has 0 aliphatic carbocycles. The molecule has 18 heavy (non-hydrogen) atoms. The molecule has 1 aromatic heterocycles. The molecule has 1 aliphatic rings. The molecule has 0 atom stereocenters. The SMILES string of the molecule is Cc1c(C(=O)NC2(CN)CCOCC2)cnn1C.